The molecule has 0 aliphatic carbocycles. The van der Waals surface area contributed by atoms with Crippen molar-refractivity contribution in [1.29, 1.82) is 0 Å². The molecule has 1 heterocycles. The van der Waals surface area contributed by atoms with Gasteiger partial charge in [0, 0.05) is 10.6 Å². The molecule has 10 heteroatoms. The number of rotatable bonds is 3. The summed E-state index contributed by atoms with van der Waals surface area (Å²) < 4.78 is 87.4. The van der Waals surface area contributed by atoms with Gasteiger partial charge in [-0.2, -0.15) is 4.39 Å². The van der Waals surface area contributed by atoms with E-state index in [1.165, 1.54) is 48.5 Å². The van der Waals surface area contributed by atoms with Crippen LogP contribution in [0.1, 0.15) is 5.56 Å². The molecule has 1 aliphatic heterocycles. The summed E-state index contributed by atoms with van der Waals surface area (Å²) in [6, 6.07) is 12.8. The van der Waals surface area contributed by atoms with Gasteiger partial charge in [-0.05, 0) is 36.4 Å². The van der Waals surface area contributed by atoms with E-state index in [4.69, 9.17) is 16.3 Å². The molecule has 154 valence electrons. The van der Waals surface area contributed by atoms with Crippen molar-refractivity contribution in [3.8, 4) is 5.75 Å². The van der Waals surface area contributed by atoms with E-state index in [0.717, 1.165) is 0 Å². The number of fused-ring (bicyclic) bond motifs is 1. The summed E-state index contributed by atoms with van der Waals surface area (Å²) in [5.74, 6) is -8.93. The lowest BCUT2D eigenvalue weighted by Crippen LogP contribution is -2.15. The van der Waals surface area contributed by atoms with E-state index in [-0.39, 0.29) is 28.0 Å². The highest BCUT2D eigenvalue weighted by Crippen LogP contribution is 2.51. The fourth-order valence-electron chi connectivity index (χ4n) is 2.72. The van der Waals surface area contributed by atoms with Crippen LogP contribution in [0.2, 0.25) is 5.02 Å². The summed E-state index contributed by atoms with van der Waals surface area (Å²) in [5.41, 5.74) is 0.164. The third-order valence-electron chi connectivity index (χ3n) is 4.17. The lowest BCUT2D eigenvalue weighted by Gasteiger charge is -2.24. The van der Waals surface area contributed by atoms with Gasteiger partial charge in [-0.25, -0.2) is 21.6 Å². The summed E-state index contributed by atoms with van der Waals surface area (Å²) in [4.78, 5) is -0.951. The number of hydrogen-bond acceptors (Lipinski definition) is 4. The minimum atomic E-state index is -4.29. The Hall–Kier alpha value is -2.49. The molecule has 0 N–H and O–H groups in total. The van der Waals surface area contributed by atoms with Crippen LogP contribution in [0.4, 0.5) is 17.6 Å². The largest absolute Gasteiger partial charge is 0.450 e. The number of sulfone groups is 1. The molecule has 0 saturated carbocycles. The van der Waals surface area contributed by atoms with Gasteiger partial charge in [0.25, 0.3) is 0 Å². The van der Waals surface area contributed by atoms with Crippen LogP contribution >= 0.6 is 23.4 Å². The van der Waals surface area contributed by atoms with Crippen LogP contribution in [-0.2, 0) is 9.84 Å². The molecule has 0 fully saturated rings. The Kier molecular flexibility index (Phi) is 5.29. The molecular weight excluding hydrogens is 464 g/mol. The first kappa shape index (κ1) is 20.8. The van der Waals surface area contributed by atoms with Gasteiger partial charge >= 0.3 is 0 Å². The van der Waals surface area contributed by atoms with Gasteiger partial charge in [0.05, 0.1) is 9.79 Å². The van der Waals surface area contributed by atoms with Crippen LogP contribution in [0.3, 0.4) is 0 Å². The van der Waals surface area contributed by atoms with Crippen molar-refractivity contribution in [1.82, 2.24) is 0 Å². The maximum Gasteiger partial charge on any atom is 0.216 e. The van der Waals surface area contributed by atoms with Crippen molar-refractivity contribution in [2.45, 2.75) is 9.79 Å². The number of hydrogen-bond donors (Lipinski definition) is 0. The van der Waals surface area contributed by atoms with Crippen molar-refractivity contribution in [2.24, 2.45) is 0 Å². The second kappa shape index (κ2) is 7.64. The highest BCUT2D eigenvalue weighted by atomic mass is 35.5. The average Bonchev–Trinajstić information content (AvgIpc) is 2.76. The summed E-state index contributed by atoms with van der Waals surface area (Å²) in [6.07, 6.45) is 0. The Labute approximate surface area is 177 Å². The van der Waals surface area contributed by atoms with E-state index in [1.807, 2.05) is 0 Å². The first-order chi connectivity index (χ1) is 14.2. The van der Waals surface area contributed by atoms with Crippen LogP contribution in [0.5, 0.6) is 5.75 Å². The van der Waals surface area contributed by atoms with Crippen LogP contribution in [0, 0.1) is 23.3 Å². The van der Waals surface area contributed by atoms with E-state index in [0.29, 0.717) is 5.02 Å². The second-order valence-corrected chi connectivity index (χ2v) is 9.66. The van der Waals surface area contributed by atoms with Gasteiger partial charge in [-0.15, -0.1) is 0 Å². The molecule has 0 spiro atoms. The van der Waals surface area contributed by atoms with Crippen LogP contribution < -0.4 is 4.74 Å². The lowest BCUT2D eigenvalue weighted by molar-refractivity contribution is 0.361. The Morgan fingerprint density at radius 1 is 0.800 bits per heavy atom. The molecule has 3 aromatic carbocycles. The number of thioether (sulfide) groups is 1. The van der Waals surface area contributed by atoms with E-state index < -0.39 is 48.0 Å². The molecule has 0 saturated heterocycles. The summed E-state index contributed by atoms with van der Waals surface area (Å²) in [5, 5.41) is 0.334. The third kappa shape index (κ3) is 3.36. The molecule has 30 heavy (non-hydrogen) atoms. The van der Waals surface area contributed by atoms with Gasteiger partial charge in [0.15, 0.2) is 27.4 Å². The van der Waals surface area contributed by atoms with Crippen molar-refractivity contribution >= 4 is 39.0 Å². The summed E-state index contributed by atoms with van der Waals surface area (Å²) >= 11 is 6.10. The fourth-order valence-corrected chi connectivity index (χ4v) is 5.80. The second-order valence-electron chi connectivity index (χ2n) is 6.06. The van der Waals surface area contributed by atoms with Crippen molar-refractivity contribution in [3.63, 3.8) is 0 Å². The molecule has 0 unspecified atom stereocenters. The van der Waals surface area contributed by atoms with Crippen molar-refractivity contribution in [3.05, 3.63) is 92.7 Å². The van der Waals surface area contributed by atoms with E-state index in [2.05, 4.69) is 0 Å². The predicted octanol–water partition coefficient (Wildman–Crippen LogP) is 6.18. The lowest BCUT2D eigenvalue weighted by atomic mass is 10.2. The topological polar surface area (TPSA) is 43.4 Å². The van der Waals surface area contributed by atoms with Crippen LogP contribution in [0.15, 0.2) is 68.6 Å². The van der Waals surface area contributed by atoms with Gasteiger partial charge in [0.1, 0.15) is 0 Å². The SMILES string of the molecule is O=S(=O)(C1=C(c2ccc(Cl)cc2)Oc2c(F)c(F)c(F)c(F)c2S1)c1ccccc1. The van der Waals surface area contributed by atoms with Crippen molar-refractivity contribution < 1.29 is 30.7 Å². The number of ether oxygens (including phenoxy) is 1. The zero-order valence-corrected chi connectivity index (χ0v) is 17.0. The van der Waals surface area contributed by atoms with Gasteiger partial charge in [0.2, 0.25) is 21.5 Å². The normalized spacial score (nSPS) is 13.8. The maximum atomic E-state index is 14.4. The molecular formula is C20H9ClF4O3S2. The molecule has 1 aliphatic rings. The average molecular weight is 473 g/mol. The fraction of sp³-hybridized carbons (Fsp3) is 0. The first-order valence-corrected chi connectivity index (χ1v) is 10.9. The Balaban J connectivity index is 2.00. The summed E-state index contributed by atoms with van der Waals surface area (Å²) in [6.45, 7) is 0. The maximum absolute atomic E-state index is 14.4. The zero-order valence-electron chi connectivity index (χ0n) is 14.6. The number of benzene rings is 3. The minimum absolute atomic E-state index is 0.144. The zero-order chi connectivity index (χ0) is 21.6. The van der Waals surface area contributed by atoms with Crippen molar-refractivity contribution in [2.75, 3.05) is 0 Å². The monoisotopic (exact) mass is 472 g/mol. The molecule has 0 amide bonds. The highest BCUT2D eigenvalue weighted by Gasteiger charge is 2.38. The Bertz CT molecular complexity index is 1290. The molecule has 0 bridgehead atoms. The third-order valence-corrected chi connectivity index (χ3v) is 7.84. The summed E-state index contributed by atoms with van der Waals surface area (Å²) in [7, 11) is -4.29. The van der Waals surface area contributed by atoms with Gasteiger partial charge in [-0.3, -0.25) is 0 Å². The Morgan fingerprint density at radius 2 is 1.40 bits per heavy atom. The molecule has 3 aromatic rings. The first-order valence-electron chi connectivity index (χ1n) is 8.24. The van der Waals surface area contributed by atoms with Crippen LogP contribution in [-0.4, -0.2) is 8.42 Å². The molecule has 0 aromatic heterocycles. The van der Waals surface area contributed by atoms with E-state index >= 15 is 0 Å². The molecule has 3 nitrogen and oxygen atoms in total. The Morgan fingerprint density at radius 3 is 2.03 bits per heavy atom. The quantitative estimate of drug-likeness (QED) is 0.259. The van der Waals surface area contributed by atoms with Gasteiger partial charge < -0.3 is 4.74 Å². The molecule has 0 atom stereocenters. The highest BCUT2D eigenvalue weighted by molar-refractivity contribution is 8.19. The van der Waals surface area contributed by atoms with E-state index in [1.54, 1.807) is 6.07 Å². The minimum Gasteiger partial charge on any atom is -0.450 e. The van der Waals surface area contributed by atoms with Crippen LogP contribution in [0.25, 0.3) is 5.76 Å². The van der Waals surface area contributed by atoms with E-state index in [9.17, 15) is 26.0 Å². The number of halogens is 5. The molecule has 0 radical (unpaired) electrons. The smallest absolute Gasteiger partial charge is 0.216 e. The molecule has 4 rings (SSSR count). The standard InChI is InChI=1S/C20H9ClF4O3S2/c21-11-8-6-10(7-9-11)17-20(30(26,27)12-4-2-1-3-5-12)29-19-16(25)14(23)13(22)15(24)18(19)28-17/h1-9H. The predicted molar refractivity (Wildman–Crippen MR) is 105 cm³/mol. The van der Waals surface area contributed by atoms with Gasteiger partial charge in [-0.1, -0.05) is 41.6 Å².